The first-order valence-corrected chi connectivity index (χ1v) is 8.85. The van der Waals surface area contributed by atoms with Gasteiger partial charge in [0, 0.05) is 29.2 Å². The number of rotatable bonds is 6. The Morgan fingerprint density at radius 3 is 2.22 bits per heavy atom. The van der Waals surface area contributed by atoms with Crippen LogP contribution in [0.25, 0.3) is 0 Å². The van der Waals surface area contributed by atoms with Crippen LogP contribution in [0.5, 0.6) is 0 Å². The van der Waals surface area contributed by atoms with Crippen molar-refractivity contribution in [1.29, 1.82) is 0 Å². The largest absolute Gasteiger partial charge is 0.329 e. The first-order chi connectivity index (χ1) is 11.1. The molecule has 3 N–H and O–H groups in total. The lowest BCUT2D eigenvalue weighted by Gasteiger charge is -2.20. The predicted octanol–water partition coefficient (Wildman–Crippen LogP) is 4.22. The van der Waals surface area contributed by atoms with E-state index >= 15 is 0 Å². The van der Waals surface area contributed by atoms with Crippen LogP contribution in [-0.4, -0.2) is 12.6 Å². The summed E-state index contributed by atoms with van der Waals surface area (Å²) >= 11 is 12.1. The third-order valence-corrected chi connectivity index (χ3v) is 4.99. The van der Waals surface area contributed by atoms with Crippen molar-refractivity contribution in [3.8, 4) is 0 Å². The summed E-state index contributed by atoms with van der Waals surface area (Å²) in [4.78, 5) is 0. The van der Waals surface area contributed by atoms with Gasteiger partial charge in [0.15, 0.2) is 0 Å². The molecule has 0 aromatic heterocycles. The number of hydrogen-bond acceptors (Lipinski definition) is 2. The summed E-state index contributed by atoms with van der Waals surface area (Å²) < 4.78 is 0. The van der Waals surface area contributed by atoms with Gasteiger partial charge in [-0.05, 0) is 60.1 Å². The Balaban J connectivity index is 1.55. The number of nitrogens with one attached hydrogen (secondary N) is 1. The van der Waals surface area contributed by atoms with Gasteiger partial charge in [0.25, 0.3) is 0 Å². The normalized spacial score (nSPS) is 15.6. The molecule has 1 aliphatic carbocycles. The zero-order valence-electron chi connectivity index (χ0n) is 13.1. The molecule has 0 heterocycles. The minimum Gasteiger partial charge on any atom is -0.329 e. The molecule has 1 unspecified atom stereocenters. The van der Waals surface area contributed by atoms with E-state index in [0.717, 1.165) is 31.4 Å². The fourth-order valence-electron chi connectivity index (χ4n) is 3.46. The average molecular weight is 349 g/mol. The topological polar surface area (TPSA) is 38.0 Å². The van der Waals surface area contributed by atoms with E-state index in [-0.39, 0.29) is 0 Å². The molecule has 2 nitrogen and oxygen atoms in total. The van der Waals surface area contributed by atoms with Gasteiger partial charge in [-0.15, -0.1) is 0 Å². The summed E-state index contributed by atoms with van der Waals surface area (Å²) in [5.74, 6) is 0.677. The third kappa shape index (κ3) is 4.48. The molecule has 0 saturated carbocycles. The molecular formula is C19H22Cl2N2. The molecule has 1 atom stereocenters. The van der Waals surface area contributed by atoms with Crippen molar-refractivity contribution >= 4 is 23.2 Å². The zero-order chi connectivity index (χ0) is 16.2. The van der Waals surface area contributed by atoms with E-state index < -0.39 is 0 Å². The Morgan fingerprint density at radius 1 is 1.04 bits per heavy atom. The zero-order valence-corrected chi connectivity index (χ0v) is 14.6. The van der Waals surface area contributed by atoms with Crippen LogP contribution in [0.1, 0.15) is 23.1 Å². The molecule has 1 aliphatic rings. The van der Waals surface area contributed by atoms with Crippen molar-refractivity contribution in [3.63, 3.8) is 0 Å². The van der Waals surface area contributed by atoms with E-state index in [0.29, 0.717) is 28.5 Å². The van der Waals surface area contributed by atoms with Gasteiger partial charge in [0.2, 0.25) is 0 Å². The van der Waals surface area contributed by atoms with Crippen LogP contribution in [0.3, 0.4) is 0 Å². The first-order valence-electron chi connectivity index (χ1n) is 8.09. The monoisotopic (exact) mass is 348 g/mol. The Labute approximate surface area is 148 Å². The summed E-state index contributed by atoms with van der Waals surface area (Å²) in [6.07, 6.45) is 3.42. The third-order valence-electron chi connectivity index (χ3n) is 4.56. The second kappa shape index (κ2) is 7.67. The second-order valence-corrected chi connectivity index (χ2v) is 7.24. The number of nitrogens with two attached hydrogens (primary N) is 1. The Morgan fingerprint density at radius 2 is 1.65 bits per heavy atom. The maximum absolute atomic E-state index is 6.05. The van der Waals surface area contributed by atoms with Gasteiger partial charge >= 0.3 is 0 Å². The van der Waals surface area contributed by atoms with E-state index in [1.54, 1.807) is 6.07 Å². The summed E-state index contributed by atoms with van der Waals surface area (Å²) in [6.45, 7) is 1.38. The van der Waals surface area contributed by atoms with Crippen molar-refractivity contribution in [2.45, 2.75) is 31.8 Å². The van der Waals surface area contributed by atoms with Crippen molar-refractivity contribution < 1.29 is 0 Å². The molecule has 122 valence electrons. The maximum Gasteiger partial charge on any atom is 0.0424 e. The molecule has 0 fully saturated rings. The number of halogens is 2. The molecule has 23 heavy (non-hydrogen) atoms. The molecule has 3 rings (SSSR count). The van der Waals surface area contributed by atoms with Crippen LogP contribution in [0.15, 0.2) is 42.5 Å². The van der Waals surface area contributed by atoms with Crippen LogP contribution in [0.4, 0.5) is 0 Å². The predicted molar refractivity (Wildman–Crippen MR) is 98.1 cm³/mol. The molecule has 0 spiro atoms. The van der Waals surface area contributed by atoms with E-state index in [9.17, 15) is 0 Å². The highest BCUT2D eigenvalue weighted by atomic mass is 35.5. The smallest absolute Gasteiger partial charge is 0.0424 e. The van der Waals surface area contributed by atoms with Crippen molar-refractivity contribution in [2.24, 2.45) is 11.7 Å². The Hall–Kier alpha value is -1.06. The Kier molecular flexibility index (Phi) is 5.60. The fourth-order valence-corrected chi connectivity index (χ4v) is 4.03. The summed E-state index contributed by atoms with van der Waals surface area (Å²) in [5.41, 5.74) is 10.0. The minimum absolute atomic E-state index is 0.312. The lowest BCUT2D eigenvalue weighted by Crippen LogP contribution is -2.37. The van der Waals surface area contributed by atoms with Crippen LogP contribution >= 0.6 is 23.2 Å². The molecule has 0 saturated heterocycles. The number of benzene rings is 2. The van der Waals surface area contributed by atoms with Crippen LogP contribution in [-0.2, 0) is 19.4 Å². The molecule has 2 aromatic rings. The Bertz CT molecular complexity index is 627. The maximum atomic E-state index is 6.05. The summed E-state index contributed by atoms with van der Waals surface area (Å²) in [6, 6.07) is 14.7. The highest BCUT2D eigenvalue weighted by Crippen LogP contribution is 2.29. The van der Waals surface area contributed by atoms with Gasteiger partial charge in [-0.2, -0.15) is 0 Å². The minimum atomic E-state index is 0.312. The van der Waals surface area contributed by atoms with Gasteiger partial charge in [-0.3, -0.25) is 0 Å². The lowest BCUT2D eigenvalue weighted by molar-refractivity contribution is 0.395. The highest BCUT2D eigenvalue weighted by Gasteiger charge is 2.23. The van der Waals surface area contributed by atoms with Crippen molar-refractivity contribution in [2.75, 3.05) is 6.54 Å². The number of fused-ring (bicyclic) bond motifs is 1. The second-order valence-electron chi connectivity index (χ2n) is 6.37. The van der Waals surface area contributed by atoms with E-state index in [1.165, 1.54) is 11.1 Å². The first kappa shape index (κ1) is 16.8. The molecule has 4 heteroatoms. The summed E-state index contributed by atoms with van der Waals surface area (Å²) in [7, 11) is 0. The van der Waals surface area contributed by atoms with Crippen LogP contribution < -0.4 is 11.1 Å². The van der Waals surface area contributed by atoms with Crippen molar-refractivity contribution in [3.05, 3.63) is 69.2 Å². The molecule has 2 aromatic carbocycles. The molecule has 0 aliphatic heterocycles. The van der Waals surface area contributed by atoms with Gasteiger partial charge in [-0.25, -0.2) is 0 Å². The van der Waals surface area contributed by atoms with E-state index in [1.807, 2.05) is 12.1 Å². The van der Waals surface area contributed by atoms with Gasteiger partial charge in [-0.1, -0.05) is 47.5 Å². The molecule has 0 bridgehead atoms. The van der Waals surface area contributed by atoms with Gasteiger partial charge in [0.1, 0.15) is 0 Å². The van der Waals surface area contributed by atoms with E-state index in [2.05, 4.69) is 29.6 Å². The van der Waals surface area contributed by atoms with Crippen molar-refractivity contribution in [1.82, 2.24) is 5.32 Å². The standard InChI is InChI=1S/C19H22Cl2N2/c20-17-7-14(8-18(21)10-17)12-23-19(11-22)9-13-5-15-3-1-2-4-16(15)6-13/h1-4,7-8,10,13,19,23H,5-6,9,11-12,22H2. The lowest BCUT2D eigenvalue weighted by atomic mass is 9.96. The average Bonchev–Trinajstić information content (AvgIpc) is 2.92. The SMILES string of the molecule is NCC(CC1Cc2ccccc2C1)NCc1cc(Cl)cc(Cl)c1. The quantitative estimate of drug-likeness (QED) is 0.820. The fraction of sp³-hybridized carbons (Fsp3) is 0.368. The summed E-state index contributed by atoms with van der Waals surface area (Å²) in [5, 5.41) is 4.89. The van der Waals surface area contributed by atoms with Crippen LogP contribution in [0.2, 0.25) is 10.0 Å². The van der Waals surface area contributed by atoms with Crippen LogP contribution in [0, 0.1) is 5.92 Å². The molecule has 0 radical (unpaired) electrons. The van der Waals surface area contributed by atoms with E-state index in [4.69, 9.17) is 28.9 Å². The molecular weight excluding hydrogens is 327 g/mol. The van der Waals surface area contributed by atoms with Gasteiger partial charge in [0.05, 0.1) is 0 Å². The van der Waals surface area contributed by atoms with Gasteiger partial charge < -0.3 is 11.1 Å². The molecule has 0 amide bonds. The highest BCUT2D eigenvalue weighted by molar-refractivity contribution is 6.34. The number of hydrogen-bond donors (Lipinski definition) is 2.